The monoisotopic (exact) mass is 379 g/mol. The van der Waals surface area contributed by atoms with Gasteiger partial charge in [-0.15, -0.1) is 0 Å². The van der Waals surface area contributed by atoms with Gasteiger partial charge in [0.1, 0.15) is 11.6 Å². The first-order chi connectivity index (χ1) is 13.4. The Hall–Kier alpha value is -3.28. The molecule has 0 fully saturated rings. The van der Waals surface area contributed by atoms with Crippen molar-refractivity contribution in [3.05, 3.63) is 99.0 Å². The number of hydrogen-bond acceptors (Lipinski definition) is 3. The number of aromatic amines is 1. The highest BCUT2D eigenvalue weighted by molar-refractivity contribution is 5.79. The molecule has 1 amide bonds. The minimum absolute atomic E-state index is 0.151. The highest BCUT2D eigenvalue weighted by atomic mass is 19.1. The van der Waals surface area contributed by atoms with Crippen molar-refractivity contribution >= 4 is 5.91 Å². The molecule has 3 aromatic rings. The van der Waals surface area contributed by atoms with Crippen LogP contribution in [0.1, 0.15) is 34.3 Å². The molecule has 1 atom stereocenters. The first-order valence-electron chi connectivity index (χ1n) is 9.06. The number of hydrogen-bond donors (Lipinski definition) is 2. The lowest BCUT2D eigenvalue weighted by Crippen LogP contribution is -2.31. The predicted octanol–water partition coefficient (Wildman–Crippen LogP) is 3.17. The Morgan fingerprint density at radius 2 is 1.89 bits per heavy atom. The van der Waals surface area contributed by atoms with E-state index in [0.717, 1.165) is 16.7 Å². The molecule has 1 unspecified atom stereocenters. The molecule has 2 aromatic carbocycles. The average molecular weight is 379 g/mol. The predicted molar refractivity (Wildman–Crippen MR) is 105 cm³/mol. The number of halogens is 1. The summed E-state index contributed by atoms with van der Waals surface area (Å²) in [4.78, 5) is 31.3. The SMILES string of the molecule is Cc1cccc(CC(=O)NC(Cc2cc(=O)[nH]c(C)n2)c2ccc(F)cc2)c1. The van der Waals surface area contributed by atoms with Crippen molar-refractivity contribution in [1.29, 1.82) is 0 Å². The Morgan fingerprint density at radius 3 is 2.57 bits per heavy atom. The van der Waals surface area contributed by atoms with E-state index in [2.05, 4.69) is 15.3 Å². The van der Waals surface area contributed by atoms with Gasteiger partial charge in [-0.3, -0.25) is 9.59 Å². The summed E-state index contributed by atoms with van der Waals surface area (Å²) in [6.45, 7) is 3.68. The molecule has 0 bridgehead atoms. The van der Waals surface area contributed by atoms with Crippen molar-refractivity contribution in [2.24, 2.45) is 0 Å². The second-order valence-corrected chi connectivity index (χ2v) is 6.86. The topological polar surface area (TPSA) is 74.8 Å². The van der Waals surface area contributed by atoms with Gasteiger partial charge in [0, 0.05) is 12.5 Å². The van der Waals surface area contributed by atoms with E-state index in [1.165, 1.54) is 18.2 Å². The fourth-order valence-electron chi connectivity index (χ4n) is 3.16. The molecule has 1 aromatic heterocycles. The minimum atomic E-state index is -0.424. The van der Waals surface area contributed by atoms with Gasteiger partial charge in [-0.2, -0.15) is 0 Å². The molecule has 0 aliphatic rings. The lowest BCUT2D eigenvalue weighted by atomic mass is 10.0. The van der Waals surface area contributed by atoms with Gasteiger partial charge in [0.05, 0.1) is 18.2 Å². The van der Waals surface area contributed by atoms with Crippen LogP contribution >= 0.6 is 0 Å². The maximum Gasteiger partial charge on any atom is 0.251 e. The van der Waals surface area contributed by atoms with Crippen LogP contribution in [0, 0.1) is 19.7 Å². The Kier molecular flexibility index (Phi) is 5.99. The summed E-state index contributed by atoms with van der Waals surface area (Å²) >= 11 is 0. The molecule has 144 valence electrons. The zero-order valence-electron chi connectivity index (χ0n) is 15.8. The van der Waals surface area contributed by atoms with Gasteiger partial charge in [0.15, 0.2) is 0 Å². The number of carbonyl (C=O) groups is 1. The van der Waals surface area contributed by atoms with Gasteiger partial charge in [0.25, 0.3) is 5.56 Å². The normalized spacial score (nSPS) is 11.8. The number of aromatic nitrogens is 2. The van der Waals surface area contributed by atoms with Crippen LogP contribution < -0.4 is 10.9 Å². The molecule has 5 nitrogen and oxygen atoms in total. The van der Waals surface area contributed by atoms with Crippen molar-refractivity contribution in [3.8, 4) is 0 Å². The van der Waals surface area contributed by atoms with E-state index in [0.29, 0.717) is 17.9 Å². The fourth-order valence-corrected chi connectivity index (χ4v) is 3.16. The van der Waals surface area contributed by atoms with Crippen molar-refractivity contribution in [3.63, 3.8) is 0 Å². The van der Waals surface area contributed by atoms with Gasteiger partial charge in [0.2, 0.25) is 5.91 Å². The highest BCUT2D eigenvalue weighted by Crippen LogP contribution is 2.18. The van der Waals surface area contributed by atoms with Gasteiger partial charge >= 0.3 is 0 Å². The Labute approximate surface area is 162 Å². The number of benzene rings is 2. The van der Waals surface area contributed by atoms with E-state index < -0.39 is 6.04 Å². The van der Waals surface area contributed by atoms with Gasteiger partial charge in [-0.1, -0.05) is 42.0 Å². The molecule has 1 heterocycles. The molecule has 0 saturated heterocycles. The van der Waals surface area contributed by atoms with Crippen molar-refractivity contribution in [1.82, 2.24) is 15.3 Å². The largest absolute Gasteiger partial charge is 0.349 e. The molecule has 6 heteroatoms. The lowest BCUT2D eigenvalue weighted by Gasteiger charge is -2.19. The quantitative estimate of drug-likeness (QED) is 0.691. The van der Waals surface area contributed by atoms with Gasteiger partial charge < -0.3 is 10.3 Å². The molecule has 28 heavy (non-hydrogen) atoms. The number of aryl methyl sites for hydroxylation is 2. The third-order valence-electron chi connectivity index (χ3n) is 4.38. The van der Waals surface area contributed by atoms with Crippen LogP contribution in [-0.2, 0) is 17.6 Å². The van der Waals surface area contributed by atoms with Crippen LogP contribution in [0.5, 0.6) is 0 Å². The molecule has 0 saturated carbocycles. The zero-order chi connectivity index (χ0) is 20.1. The molecule has 0 aliphatic heterocycles. The second kappa shape index (κ2) is 8.61. The van der Waals surface area contributed by atoms with E-state index in [1.54, 1.807) is 19.1 Å². The lowest BCUT2D eigenvalue weighted by molar-refractivity contribution is -0.121. The van der Waals surface area contributed by atoms with Crippen molar-refractivity contribution in [2.75, 3.05) is 0 Å². The summed E-state index contributed by atoms with van der Waals surface area (Å²) in [6, 6.07) is 14.7. The maximum atomic E-state index is 13.3. The van der Waals surface area contributed by atoms with Crippen LogP contribution in [0.3, 0.4) is 0 Å². The van der Waals surface area contributed by atoms with Crippen LogP contribution in [0.4, 0.5) is 4.39 Å². The minimum Gasteiger partial charge on any atom is -0.349 e. The summed E-state index contributed by atoms with van der Waals surface area (Å²) in [6.07, 6.45) is 0.567. The van der Waals surface area contributed by atoms with Crippen LogP contribution in [0.25, 0.3) is 0 Å². The first-order valence-corrected chi connectivity index (χ1v) is 9.06. The Bertz CT molecular complexity index is 1030. The Morgan fingerprint density at radius 1 is 1.14 bits per heavy atom. The summed E-state index contributed by atoms with van der Waals surface area (Å²) < 4.78 is 13.3. The number of carbonyl (C=O) groups excluding carboxylic acids is 1. The van der Waals surface area contributed by atoms with Crippen molar-refractivity contribution < 1.29 is 9.18 Å². The fraction of sp³-hybridized carbons (Fsp3) is 0.227. The first kappa shape index (κ1) is 19.5. The highest BCUT2D eigenvalue weighted by Gasteiger charge is 2.17. The van der Waals surface area contributed by atoms with E-state index in [9.17, 15) is 14.0 Å². The molecule has 3 rings (SSSR count). The summed E-state index contributed by atoms with van der Waals surface area (Å²) in [5.41, 5.74) is 3.07. The number of rotatable bonds is 6. The molecule has 0 radical (unpaired) electrons. The summed E-state index contributed by atoms with van der Waals surface area (Å²) in [5, 5.41) is 2.99. The molecular weight excluding hydrogens is 357 g/mol. The van der Waals surface area contributed by atoms with E-state index >= 15 is 0 Å². The third kappa shape index (κ3) is 5.36. The standard InChI is InChI=1S/C22H22FN3O2/c1-14-4-3-5-16(10-14)11-21(27)26-20(17-6-8-18(23)9-7-17)12-19-13-22(28)25-15(2)24-19/h3-10,13,20H,11-12H2,1-2H3,(H,26,27)(H,24,25,28). The third-order valence-corrected chi connectivity index (χ3v) is 4.38. The summed E-state index contributed by atoms with van der Waals surface area (Å²) in [5.74, 6) is 0.00615. The van der Waals surface area contributed by atoms with E-state index in [4.69, 9.17) is 0 Å². The van der Waals surface area contributed by atoms with E-state index in [-0.39, 0.29) is 23.7 Å². The molecule has 0 aliphatic carbocycles. The van der Waals surface area contributed by atoms with Crippen LogP contribution in [-0.4, -0.2) is 15.9 Å². The maximum absolute atomic E-state index is 13.3. The second-order valence-electron chi connectivity index (χ2n) is 6.86. The zero-order valence-corrected chi connectivity index (χ0v) is 15.8. The van der Waals surface area contributed by atoms with E-state index in [1.807, 2.05) is 31.2 Å². The smallest absolute Gasteiger partial charge is 0.251 e. The number of amides is 1. The molecular formula is C22H22FN3O2. The summed E-state index contributed by atoms with van der Waals surface area (Å²) in [7, 11) is 0. The number of nitrogens with one attached hydrogen (secondary N) is 2. The number of nitrogens with zero attached hydrogens (tertiary/aromatic N) is 1. The van der Waals surface area contributed by atoms with Crippen LogP contribution in [0.15, 0.2) is 59.4 Å². The Balaban J connectivity index is 1.82. The van der Waals surface area contributed by atoms with Crippen molar-refractivity contribution in [2.45, 2.75) is 32.7 Å². The number of H-pyrrole nitrogens is 1. The van der Waals surface area contributed by atoms with Crippen LogP contribution in [0.2, 0.25) is 0 Å². The van der Waals surface area contributed by atoms with Gasteiger partial charge in [-0.05, 0) is 37.1 Å². The molecule has 2 N–H and O–H groups in total. The molecule has 0 spiro atoms. The van der Waals surface area contributed by atoms with Gasteiger partial charge in [-0.25, -0.2) is 9.37 Å². The average Bonchev–Trinajstić information content (AvgIpc) is 2.61.